The molecular formula is C18H16ClN5O2. The zero-order chi connectivity index (χ0) is 18.5. The summed E-state index contributed by atoms with van der Waals surface area (Å²) in [6.07, 6.45) is 1.30. The van der Waals surface area contributed by atoms with E-state index in [1.807, 2.05) is 48.5 Å². The number of halogens is 1. The Kier molecular flexibility index (Phi) is 5.28. The van der Waals surface area contributed by atoms with Crippen molar-refractivity contribution in [2.24, 2.45) is 0 Å². The van der Waals surface area contributed by atoms with Gasteiger partial charge in [0, 0.05) is 24.3 Å². The Morgan fingerprint density at radius 2 is 1.81 bits per heavy atom. The molecule has 0 aliphatic rings. The van der Waals surface area contributed by atoms with Crippen LogP contribution in [0.2, 0.25) is 5.02 Å². The zero-order valence-corrected chi connectivity index (χ0v) is 14.7. The highest BCUT2D eigenvalue weighted by Gasteiger charge is 2.26. The van der Waals surface area contributed by atoms with Gasteiger partial charge in [-0.25, -0.2) is 9.97 Å². The van der Waals surface area contributed by atoms with Crippen LogP contribution in [-0.4, -0.2) is 21.9 Å². The van der Waals surface area contributed by atoms with Crippen molar-refractivity contribution in [3.8, 4) is 0 Å². The Labute approximate surface area is 155 Å². The fourth-order valence-electron chi connectivity index (χ4n) is 2.51. The number of hydrogen-bond acceptors (Lipinski definition) is 6. The maximum atomic E-state index is 11.7. The van der Waals surface area contributed by atoms with Crippen molar-refractivity contribution >= 4 is 34.6 Å². The Morgan fingerprint density at radius 1 is 1.12 bits per heavy atom. The first kappa shape index (κ1) is 17.6. The van der Waals surface area contributed by atoms with E-state index >= 15 is 0 Å². The molecule has 0 saturated heterocycles. The molecule has 1 aromatic heterocycles. The van der Waals surface area contributed by atoms with Crippen LogP contribution in [0.15, 0.2) is 60.9 Å². The number of nitro groups is 1. The van der Waals surface area contributed by atoms with Crippen molar-refractivity contribution in [3.63, 3.8) is 0 Å². The molecule has 26 heavy (non-hydrogen) atoms. The Bertz CT molecular complexity index is 920. The third kappa shape index (κ3) is 3.73. The highest BCUT2D eigenvalue weighted by atomic mass is 35.5. The summed E-state index contributed by atoms with van der Waals surface area (Å²) < 4.78 is 0. The van der Waals surface area contributed by atoms with Gasteiger partial charge in [-0.15, -0.1) is 0 Å². The van der Waals surface area contributed by atoms with Gasteiger partial charge in [-0.3, -0.25) is 10.1 Å². The number of nitrogens with one attached hydrogen (secondary N) is 1. The van der Waals surface area contributed by atoms with Gasteiger partial charge in [0.05, 0.1) is 4.92 Å². The molecule has 1 N–H and O–H groups in total. The van der Waals surface area contributed by atoms with Crippen LogP contribution in [0, 0.1) is 10.1 Å². The lowest BCUT2D eigenvalue weighted by atomic mass is 10.2. The third-order valence-corrected chi connectivity index (χ3v) is 4.22. The molecule has 8 heteroatoms. The summed E-state index contributed by atoms with van der Waals surface area (Å²) in [7, 11) is 1.72. The largest absolute Gasteiger partial charge is 0.360 e. The van der Waals surface area contributed by atoms with Crippen LogP contribution in [0.3, 0.4) is 0 Å². The van der Waals surface area contributed by atoms with Crippen LogP contribution in [0.5, 0.6) is 0 Å². The van der Waals surface area contributed by atoms with Gasteiger partial charge >= 0.3 is 5.69 Å². The van der Waals surface area contributed by atoms with Gasteiger partial charge in [-0.2, -0.15) is 0 Å². The monoisotopic (exact) mass is 369 g/mol. The molecule has 0 fully saturated rings. The number of hydrogen-bond donors (Lipinski definition) is 1. The van der Waals surface area contributed by atoms with Gasteiger partial charge in [0.2, 0.25) is 11.6 Å². The molecular weight excluding hydrogens is 354 g/mol. The molecule has 0 spiro atoms. The molecule has 3 aromatic rings. The van der Waals surface area contributed by atoms with E-state index in [-0.39, 0.29) is 17.3 Å². The number of rotatable bonds is 6. The molecule has 0 radical (unpaired) electrons. The van der Waals surface area contributed by atoms with Crippen LogP contribution in [0.4, 0.5) is 23.0 Å². The summed E-state index contributed by atoms with van der Waals surface area (Å²) in [5.41, 5.74) is 1.41. The average molecular weight is 370 g/mol. The average Bonchev–Trinajstić information content (AvgIpc) is 2.67. The molecule has 0 unspecified atom stereocenters. The van der Waals surface area contributed by atoms with Crippen LogP contribution in [0.1, 0.15) is 5.56 Å². The zero-order valence-electron chi connectivity index (χ0n) is 14.0. The normalized spacial score (nSPS) is 10.4. The Balaban J connectivity index is 1.94. The van der Waals surface area contributed by atoms with E-state index in [1.54, 1.807) is 18.0 Å². The van der Waals surface area contributed by atoms with Gasteiger partial charge < -0.3 is 10.2 Å². The number of aromatic nitrogens is 2. The number of benzene rings is 2. The first-order valence-corrected chi connectivity index (χ1v) is 8.21. The quantitative estimate of drug-likeness (QED) is 0.511. The summed E-state index contributed by atoms with van der Waals surface area (Å²) in [6.45, 7) is 0.312. The fourth-order valence-corrected chi connectivity index (χ4v) is 2.71. The first-order valence-electron chi connectivity index (χ1n) is 7.83. The molecule has 2 aromatic carbocycles. The van der Waals surface area contributed by atoms with Gasteiger partial charge in [0.25, 0.3) is 0 Å². The minimum Gasteiger partial charge on any atom is -0.360 e. The van der Waals surface area contributed by atoms with Gasteiger partial charge in [0.1, 0.15) is 6.33 Å². The van der Waals surface area contributed by atoms with E-state index in [0.717, 1.165) is 11.3 Å². The maximum absolute atomic E-state index is 11.7. The van der Waals surface area contributed by atoms with Gasteiger partial charge in [-0.05, 0) is 23.8 Å². The lowest BCUT2D eigenvalue weighted by Crippen LogP contribution is -2.15. The predicted octanol–water partition coefficient (Wildman–Crippen LogP) is 4.42. The summed E-state index contributed by atoms with van der Waals surface area (Å²) in [5.74, 6) is 0.348. The number of anilines is 3. The van der Waals surface area contributed by atoms with E-state index in [1.165, 1.54) is 6.33 Å². The molecule has 0 amide bonds. The van der Waals surface area contributed by atoms with E-state index in [4.69, 9.17) is 11.6 Å². The smallest absolute Gasteiger partial charge is 0.353 e. The maximum Gasteiger partial charge on any atom is 0.353 e. The second-order valence-electron chi connectivity index (χ2n) is 5.49. The van der Waals surface area contributed by atoms with E-state index in [2.05, 4.69) is 15.3 Å². The minimum atomic E-state index is -0.482. The molecule has 7 nitrogen and oxygen atoms in total. The fraction of sp³-hybridized carbons (Fsp3) is 0.111. The molecule has 0 aliphatic carbocycles. The molecule has 132 valence electrons. The lowest BCUT2D eigenvalue weighted by Gasteiger charge is -2.19. The van der Waals surface area contributed by atoms with Crippen molar-refractivity contribution in [3.05, 3.63) is 81.6 Å². The van der Waals surface area contributed by atoms with Gasteiger partial charge in [0.15, 0.2) is 0 Å². The molecule has 0 saturated carbocycles. The minimum absolute atomic E-state index is 0.141. The summed E-state index contributed by atoms with van der Waals surface area (Å²) >= 11 is 6.14. The standard InChI is InChI=1S/C18H16ClN5O2/c1-23(14-8-3-2-4-9-14)18-16(24(25)26)17(21-12-22-18)20-11-13-7-5-6-10-15(13)19/h2-10,12H,11H2,1H3,(H,20,21,22). The number of nitrogens with zero attached hydrogens (tertiary/aromatic N) is 4. The second-order valence-corrected chi connectivity index (χ2v) is 5.90. The van der Waals surface area contributed by atoms with Gasteiger partial charge in [-0.1, -0.05) is 48.0 Å². The lowest BCUT2D eigenvalue weighted by molar-refractivity contribution is -0.383. The Hall–Kier alpha value is -3.19. The topological polar surface area (TPSA) is 84.2 Å². The predicted molar refractivity (Wildman–Crippen MR) is 102 cm³/mol. The molecule has 0 aliphatic heterocycles. The van der Waals surface area contributed by atoms with Crippen LogP contribution in [0.25, 0.3) is 0 Å². The van der Waals surface area contributed by atoms with Crippen LogP contribution >= 0.6 is 11.6 Å². The van der Waals surface area contributed by atoms with Crippen LogP contribution in [-0.2, 0) is 6.54 Å². The van der Waals surface area contributed by atoms with Crippen molar-refractivity contribution in [1.29, 1.82) is 0 Å². The Morgan fingerprint density at radius 3 is 2.50 bits per heavy atom. The van der Waals surface area contributed by atoms with Crippen molar-refractivity contribution in [1.82, 2.24) is 9.97 Å². The molecule has 1 heterocycles. The van der Waals surface area contributed by atoms with E-state index < -0.39 is 4.92 Å². The van der Waals surface area contributed by atoms with Crippen molar-refractivity contribution in [2.75, 3.05) is 17.3 Å². The summed E-state index contributed by atoms with van der Waals surface area (Å²) in [5, 5.41) is 15.3. The molecule has 3 rings (SSSR count). The SMILES string of the molecule is CN(c1ccccc1)c1ncnc(NCc2ccccc2Cl)c1[N+](=O)[O-]. The molecule has 0 atom stereocenters. The van der Waals surface area contributed by atoms with Crippen molar-refractivity contribution < 1.29 is 4.92 Å². The highest BCUT2D eigenvalue weighted by Crippen LogP contribution is 2.35. The molecule has 0 bridgehead atoms. The van der Waals surface area contributed by atoms with E-state index in [9.17, 15) is 10.1 Å². The third-order valence-electron chi connectivity index (χ3n) is 3.85. The summed E-state index contributed by atoms with van der Waals surface area (Å²) in [4.78, 5) is 21.0. The van der Waals surface area contributed by atoms with Crippen LogP contribution < -0.4 is 10.2 Å². The first-order chi connectivity index (χ1) is 12.6. The van der Waals surface area contributed by atoms with E-state index in [0.29, 0.717) is 11.6 Å². The van der Waals surface area contributed by atoms with Crippen molar-refractivity contribution in [2.45, 2.75) is 6.54 Å². The second kappa shape index (κ2) is 7.79. The highest BCUT2D eigenvalue weighted by molar-refractivity contribution is 6.31. The summed E-state index contributed by atoms with van der Waals surface area (Å²) in [6, 6.07) is 16.6. The number of para-hydroxylation sites is 1.